The number of nitrogens with one attached hydrogen (secondary N) is 2. The maximum atomic E-state index is 12.7. The highest BCUT2D eigenvalue weighted by molar-refractivity contribution is 7.10. The minimum atomic E-state index is -0.539. The van der Waals surface area contributed by atoms with Crippen LogP contribution in [0.25, 0.3) is 11.3 Å². The molecule has 0 radical (unpaired) electrons. The minimum absolute atomic E-state index is 0.0674. The highest BCUT2D eigenvalue weighted by Crippen LogP contribution is 2.44. The molecule has 40 heavy (non-hydrogen) atoms. The maximum Gasteiger partial charge on any atom is 0.251 e. The number of carbonyl (C=O) groups is 3. The number of carbonyl (C=O) groups excluding carboxylic acids is 3. The lowest BCUT2D eigenvalue weighted by Crippen LogP contribution is -2.41. The van der Waals surface area contributed by atoms with Crippen molar-refractivity contribution in [1.29, 1.82) is 0 Å². The molecule has 3 aromatic rings. The van der Waals surface area contributed by atoms with Crippen LogP contribution in [0.4, 0.5) is 5.69 Å². The predicted molar refractivity (Wildman–Crippen MR) is 154 cm³/mol. The molecule has 0 bridgehead atoms. The highest BCUT2D eigenvalue weighted by atomic mass is 32.1. The fraction of sp³-hybridized carbons (Fsp3) is 0.500. The second-order valence-corrected chi connectivity index (χ2v) is 12.6. The Morgan fingerprint density at radius 1 is 1.07 bits per heavy atom. The Morgan fingerprint density at radius 2 is 1.85 bits per heavy atom. The summed E-state index contributed by atoms with van der Waals surface area (Å²) in [7, 11) is 0. The zero-order chi connectivity index (χ0) is 27.5. The van der Waals surface area contributed by atoms with E-state index in [1.165, 1.54) is 79.6 Å². The van der Waals surface area contributed by atoms with Crippen molar-refractivity contribution in [1.82, 2.24) is 25.2 Å². The summed E-state index contributed by atoms with van der Waals surface area (Å²) < 4.78 is 1.50. The van der Waals surface area contributed by atoms with E-state index in [9.17, 15) is 14.4 Å². The van der Waals surface area contributed by atoms with Crippen LogP contribution in [0.3, 0.4) is 0 Å². The average molecular weight is 561 g/mol. The van der Waals surface area contributed by atoms with Crippen molar-refractivity contribution in [2.75, 3.05) is 18.4 Å². The number of anilines is 1. The number of hydrogen-bond donors (Lipinski definition) is 2. The van der Waals surface area contributed by atoms with Crippen LogP contribution in [0, 0.1) is 5.41 Å². The minimum Gasteiger partial charge on any atom is -0.326 e. The molecule has 2 saturated heterocycles. The summed E-state index contributed by atoms with van der Waals surface area (Å²) in [4.78, 5) is 39.8. The predicted octanol–water partition coefficient (Wildman–Crippen LogP) is 4.71. The van der Waals surface area contributed by atoms with Crippen LogP contribution < -0.4 is 10.6 Å². The number of likely N-dealkylation sites (tertiary alicyclic amines) is 1. The number of nitrogens with zero attached hydrogens (tertiary/aromatic N) is 4. The van der Waals surface area contributed by atoms with E-state index in [0.29, 0.717) is 17.5 Å². The van der Waals surface area contributed by atoms with Gasteiger partial charge in [-0.05, 0) is 74.4 Å². The van der Waals surface area contributed by atoms with E-state index < -0.39 is 6.04 Å². The van der Waals surface area contributed by atoms with Crippen molar-refractivity contribution < 1.29 is 14.4 Å². The molecule has 6 rings (SSSR count). The van der Waals surface area contributed by atoms with Crippen LogP contribution in [0.15, 0.2) is 41.9 Å². The standard InChI is InChI=1S/C30H36N6O3S/c37-27-9-8-26(29(39)32-27)36-19-25(33-34-36)22-16-24(40-20-22)17-28(38)31-23-6-4-21(5-7-23)18-35-14-12-30(13-15-35)10-2-1-3-11-30/h4-7,16,19-20,26H,1-3,8-15,17-18H2,(H,31,38)(H,32,37,39). The molecule has 1 saturated carbocycles. The van der Waals surface area contributed by atoms with Crippen LogP contribution in [-0.2, 0) is 27.3 Å². The summed E-state index contributed by atoms with van der Waals surface area (Å²) >= 11 is 1.49. The molecule has 1 aromatic carbocycles. The van der Waals surface area contributed by atoms with E-state index in [-0.39, 0.29) is 30.6 Å². The van der Waals surface area contributed by atoms with Gasteiger partial charge in [-0.1, -0.05) is 36.6 Å². The van der Waals surface area contributed by atoms with Gasteiger partial charge >= 0.3 is 0 Å². The molecule has 3 aliphatic rings. The fourth-order valence-electron chi connectivity index (χ4n) is 6.41. The van der Waals surface area contributed by atoms with E-state index in [1.807, 2.05) is 23.6 Å². The van der Waals surface area contributed by atoms with Gasteiger partial charge < -0.3 is 5.32 Å². The summed E-state index contributed by atoms with van der Waals surface area (Å²) in [6.45, 7) is 3.35. The Kier molecular flexibility index (Phi) is 7.80. The van der Waals surface area contributed by atoms with Crippen molar-refractivity contribution >= 4 is 34.7 Å². The van der Waals surface area contributed by atoms with E-state index >= 15 is 0 Å². The van der Waals surface area contributed by atoms with Crippen molar-refractivity contribution in [3.05, 3.63) is 52.3 Å². The van der Waals surface area contributed by atoms with Gasteiger partial charge in [-0.2, -0.15) is 0 Å². The Balaban J connectivity index is 0.984. The monoisotopic (exact) mass is 560 g/mol. The third kappa shape index (κ3) is 6.18. The topological polar surface area (TPSA) is 109 Å². The molecule has 3 amide bonds. The molecule has 2 N–H and O–H groups in total. The van der Waals surface area contributed by atoms with Gasteiger partial charge in [0, 0.05) is 34.5 Å². The van der Waals surface area contributed by atoms with Crippen molar-refractivity contribution in [2.45, 2.75) is 76.8 Å². The average Bonchev–Trinajstić information content (AvgIpc) is 3.62. The smallest absolute Gasteiger partial charge is 0.251 e. The van der Waals surface area contributed by atoms with Crippen LogP contribution in [0.1, 0.15) is 74.3 Å². The van der Waals surface area contributed by atoms with Crippen LogP contribution in [-0.4, -0.2) is 50.7 Å². The number of piperidine rings is 2. The molecular formula is C30H36N6O3S. The number of benzene rings is 1. The largest absolute Gasteiger partial charge is 0.326 e. The number of thiophene rings is 1. The van der Waals surface area contributed by atoms with Crippen LogP contribution in [0.5, 0.6) is 0 Å². The van der Waals surface area contributed by atoms with Gasteiger partial charge in [0.2, 0.25) is 11.8 Å². The molecule has 4 heterocycles. The van der Waals surface area contributed by atoms with Crippen molar-refractivity contribution in [3.8, 4) is 11.3 Å². The molecule has 1 unspecified atom stereocenters. The number of amides is 3. The summed E-state index contributed by atoms with van der Waals surface area (Å²) in [5.41, 5.74) is 4.19. The van der Waals surface area contributed by atoms with E-state index in [4.69, 9.17) is 0 Å². The van der Waals surface area contributed by atoms with E-state index in [2.05, 4.69) is 38.0 Å². The zero-order valence-electron chi connectivity index (χ0n) is 22.7. The third-order valence-electron chi connectivity index (χ3n) is 8.80. The van der Waals surface area contributed by atoms with Crippen LogP contribution >= 0.6 is 11.3 Å². The molecule has 2 aromatic heterocycles. The first-order chi connectivity index (χ1) is 19.4. The fourth-order valence-corrected chi connectivity index (χ4v) is 7.28. The summed E-state index contributed by atoms with van der Waals surface area (Å²) in [6.07, 6.45) is 12.4. The number of imide groups is 1. The first-order valence-electron chi connectivity index (χ1n) is 14.4. The molecule has 10 heteroatoms. The quantitative estimate of drug-likeness (QED) is 0.405. The zero-order valence-corrected chi connectivity index (χ0v) is 23.5. The van der Waals surface area contributed by atoms with E-state index in [1.54, 1.807) is 6.20 Å². The summed E-state index contributed by atoms with van der Waals surface area (Å²) in [5, 5.41) is 15.6. The maximum absolute atomic E-state index is 12.7. The first-order valence-corrected chi connectivity index (χ1v) is 15.3. The number of aromatic nitrogens is 3. The normalized spacial score (nSPS) is 21.4. The molecule has 9 nitrogen and oxygen atoms in total. The lowest BCUT2D eigenvalue weighted by Gasteiger charge is -2.44. The molecule has 210 valence electrons. The highest BCUT2D eigenvalue weighted by Gasteiger charge is 2.35. The Hall–Kier alpha value is -3.37. The molecule has 1 spiro atoms. The summed E-state index contributed by atoms with van der Waals surface area (Å²) in [6, 6.07) is 9.62. The van der Waals surface area contributed by atoms with E-state index in [0.717, 1.165) is 22.7 Å². The van der Waals surface area contributed by atoms with Gasteiger partial charge in [-0.25, -0.2) is 4.68 Å². The molecule has 1 atom stereocenters. The van der Waals surface area contributed by atoms with Crippen LogP contribution in [0.2, 0.25) is 0 Å². The van der Waals surface area contributed by atoms with Crippen molar-refractivity contribution in [3.63, 3.8) is 0 Å². The Morgan fingerprint density at radius 3 is 2.60 bits per heavy atom. The second kappa shape index (κ2) is 11.6. The van der Waals surface area contributed by atoms with Gasteiger partial charge in [0.05, 0.1) is 12.6 Å². The molecule has 3 fully saturated rings. The number of hydrogen-bond acceptors (Lipinski definition) is 7. The first kappa shape index (κ1) is 26.8. The SMILES string of the molecule is O=C1CCC(n2cc(-c3csc(CC(=O)Nc4ccc(CN5CCC6(CCCCC6)CC5)cc4)c3)nn2)C(=O)N1. The molecule has 2 aliphatic heterocycles. The van der Waals surface area contributed by atoms with Crippen molar-refractivity contribution in [2.24, 2.45) is 5.41 Å². The second-order valence-electron chi connectivity index (χ2n) is 11.6. The molecule has 1 aliphatic carbocycles. The Bertz CT molecular complexity index is 1360. The van der Waals surface area contributed by atoms with Gasteiger partial charge in [0.1, 0.15) is 11.7 Å². The summed E-state index contributed by atoms with van der Waals surface area (Å²) in [5.74, 6) is -0.687. The van der Waals surface area contributed by atoms with Gasteiger partial charge in [0.25, 0.3) is 5.91 Å². The van der Waals surface area contributed by atoms with Gasteiger partial charge in [-0.15, -0.1) is 16.4 Å². The lowest BCUT2D eigenvalue weighted by atomic mass is 9.68. The van der Waals surface area contributed by atoms with Gasteiger partial charge in [0.15, 0.2) is 0 Å². The third-order valence-corrected chi connectivity index (χ3v) is 9.74. The Labute approximate surface area is 238 Å². The number of rotatable bonds is 7. The lowest BCUT2D eigenvalue weighted by molar-refractivity contribution is -0.136. The molecular weight excluding hydrogens is 524 g/mol. The van der Waals surface area contributed by atoms with Gasteiger partial charge in [-0.3, -0.25) is 24.6 Å².